The van der Waals surface area contributed by atoms with E-state index < -0.39 is 46.5 Å². The van der Waals surface area contributed by atoms with Crippen LogP contribution in [0.25, 0.3) is 37.4 Å². The summed E-state index contributed by atoms with van der Waals surface area (Å²) in [5.74, 6) is -0.334. The van der Waals surface area contributed by atoms with E-state index >= 15 is 0 Å². The molecule has 3 aliphatic rings. The van der Waals surface area contributed by atoms with Crippen molar-refractivity contribution in [2.24, 2.45) is 16.8 Å². The second-order valence-electron chi connectivity index (χ2n) is 24.0. The van der Waals surface area contributed by atoms with Crippen LogP contribution in [-0.4, -0.2) is 99.3 Å². The van der Waals surface area contributed by atoms with E-state index in [9.17, 15) is 24.3 Å². The number of hydrogen-bond acceptors (Lipinski definition) is 10. The number of amides is 4. The number of nitrogens with zero attached hydrogens (tertiary/aromatic N) is 4. The number of rotatable bonds is 18. The number of ether oxygens (including phenoxy) is 1. The number of nitrogens with one attached hydrogen (secondary N) is 3. The molecule has 4 amide bonds. The summed E-state index contributed by atoms with van der Waals surface area (Å²) in [6, 6.07) is 71.4. The molecule has 0 radical (unpaired) electrons. The van der Waals surface area contributed by atoms with E-state index in [1.807, 2.05) is 38.8 Å². The molecule has 2 fully saturated rings. The normalized spacial score (nSPS) is 15.9. The predicted octanol–water partition coefficient (Wildman–Crippen LogP) is 13.3. The number of likely N-dealkylation sites (tertiary alicyclic amines) is 2. The number of methoxy groups -OCH3 is 1. The number of carbonyl (C=O) groups excluding carboxylic acids is 4. The van der Waals surface area contributed by atoms with Crippen molar-refractivity contribution in [2.45, 2.75) is 84.0 Å². The quantitative estimate of drug-likeness (QED) is 0.0620. The fraction of sp³-hybridized carbons (Fsp3) is 0.247. The number of hydrogen-bond donors (Lipinski definition) is 4. The van der Waals surface area contributed by atoms with Crippen molar-refractivity contribution >= 4 is 115 Å². The van der Waals surface area contributed by atoms with Crippen LogP contribution in [0, 0.1) is 11.8 Å². The van der Waals surface area contributed by atoms with Crippen molar-refractivity contribution < 1.29 is 29.0 Å². The van der Waals surface area contributed by atoms with E-state index in [1.54, 1.807) is 33.8 Å². The van der Waals surface area contributed by atoms with Crippen LogP contribution in [0.2, 0.25) is 0 Å². The molecular weight excluding hydrogens is 1240 g/mol. The Morgan fingerprint density at radius 1 is 0.564 bits per heavy atom. The number of imidazole rings is 1. The van der Waals surface area contributed by atoms with Crippen LogP contribution in [0.4, 0.5) is 4.79 Å². The first kappa shape index (κ1) is 66.8. The minimum absolute atomic E-state index is 0.0875. The van der Waals surface area contributed by atoms with E-state index in [4.69, 9.17) is 9.73 Å². The van der Waals surface area contributed by atoms with Gasteiger partial charge in [0.05, 0.1) is 40.5 Å². The molecule has 4 N–H and O–H groups in total. The number of aromatic nitrogens is 2. The van der Waals surface area contributed by atoms with E-state index in [0.29, 0.717) is 25.3 Å². The summed E-state index contributed by atoms with van der Waals surface area (Å²) in [7, 11) is 0.410. The SMILES string of the molecule is COC(=O)N[C@H](C(=O)N1CCCC1C1=NC=C(c2csc3c(-c4ccc(-c5cnc(C6CCCN6C(=O)[C@@H](NC(=O)CO)C(C)C)[nH]5)cc4)csc23)C1)C(C)C.c1ccc(P(c2ccccc2)c2ccccc2)cc1.c1ccc(P(c2ccccc2)c2ccccc2)cc1. The fourth-order valence-electron chi connectivity index (χ4n) is 12.4. The van der Waals surface area contributed by atoms with Gasteiger partial charge in [0.2, 0.25) is 17.7 Å². The van der Waals surface area contributed by atoms with Gasteiger partial charge in [-0.1, -0.05) is 234 Å². The number of benzene rings is 7. The van der Waals surface area contributed by atoms with Gasteiger partial charge >= 0.3 is 6.09 Å². The summed E-state index contributed by atoms with van der Waals surface area (Å²) in [5.41, 5.74) is 7.45. The summed E-state index contributed by atoms with van der Waals surface area (Å²) < 4.78 is 7.23. The summed E-state index contributed by atoms with van der Waals surface area (Å²) in [6.45, 7) is 8.15. The van der Waals surface area contributed by atoms with Crippen molar-refractivity contribution in [3.05, 3.63) is 241 Å². The van der Waals surface area contributed by atoms with Gasteiger partial charge in [0.1, 0.15) is 24.5 Å². The maximum Gasteiger partial charge on any atom is 0.407 e. The Hall–Kier alpha value is -8.68. The average molecular weight is 1320 g/mol. The van der Waals surface area contributed by atoms with Gasteiger partial charge in [-0.3, -0.25) is 19.4 Å². The minimum Gasteiger partial charge on any atom is -0.453 e. The molecule has 480 valence electrons. The summed E-state index contributed by atoms with van der Waals surface area (Å²) >= 11 is 3.46. The van der Waals surface area contributed by atoms with Crippen LogP contribution in [0.3, 0.4) is 0 Å². The molecule has 2 saturated heterocycles. The van der Waals surface area contributed by atoms with Crippen molar-refractivity contribution in [1.82, 2.24) is 30.4 Å². The predicted molar refractivity (Wildman–Crippen MR) is 389 cm³/mol. The lowest BCUT2D eigenvalue weighted by Gasteiger charge is -2.31. The maximum atomic E-state index is 13.6. The number of fused-ring (bicyclic) bond motifs is 1. The molecule has 7 aromatic carbocycles. The van der Waals surface area contributed by atoms with Crippen LogP contribution >= 0.6 is 38.5 Å². The Balaban J connectivity index is 0.000000190. The topological polar surface area (TPSA) is 169 Å². The third-order valence-corrected chi connectivity index (χ3v) is 24.2. The second-order valence-corrected chi connectivity index (χ2v) is 30.2. The number of alkyl carbamates (subject to hydrolysis) is 1. The van der Waals surface area contributed by atoms with E-state index in [1.165, 1.54) is 59.5 Å². The molecular formula is C77H79N7O6P2S2. The van der Waals surface area contributed by atoms with Crippen LogP contribution in [0.1, 0.15) is 77.2 Å². The Kier molecular flexibility index (Phi) is 22.7. The van der Waals surface area contributed by atoms with Gasteiger partial charge in [-0.25, -0.2) is 9.78 Å². The third-order valence-electron chi connectivity index (χ3n) is 17.1. The van der Waals surface area contributed by atoms with Crippen molar-refractivity contribution in [2.75, 3.05) is 26.8 Å². The first-order valence-electron chi connectivity index (χ1n) is 32.1. The summed E-state index contributed by atoms with van der Waals surface area (Å²) in [4.78, 5) is 67.8. The molecule has 0 spiro atoms. The number of thiophene rings is 2. The molecule has 0 bridgehead atoms. The highest BCUT2D eigenvalue weighted by molar-refractivity contribution is 7.80. The standard InChI is InChI=1S/C41H49N7O6S2.2C18H15P/c1-22(2)34(45-33(50)19-49)39(51)48-15-7-9-32(48)38-43-18-30(44-38)25-12-10-24(11-13-25)27-20-55-37-28(21-56-36(27)37)26-16-29(42-17-26)31-8-6-14-47(31)40(52)35(23(3)4)46-41(53)54-5;2*1-4-10-16(11-5-1)19(17-12-6-2-7-13-17)18-14-8-3-9-15-18/h10-13,17-18,20-23,31-32,34-35,49H,6-9,14-16,19H2,1-5H3,(H,43,44)(H,45,50)(H,46,53);2*1-15H/t31?,32?,34-,35-;;/m0../s1. The van der Waals surface area contributed by atoms with E-state index in [-0.39, 0.29) is 35.7 Å². The fourth-order valence-corrected chi connectivity index (χ4v) is 19.5. The highest BCUT2D eigenvalue weighted by Crippen LogP contribution is 2.45. The first-order chi connectivity index (χ1) is 45.9. The van der Waals surface area contributed by atoms with Gasteiger partial charge < -0.3 is 35.3 Å². The Bertz CT molecular complexity index is 3880. The molecule has 3 aromatic heterocycles. The Morgan fingerprint density at radius 2 is 0.968 bits per heavy atom. The van der Waals surface area contributed by atoms with Crippen LogP contribution in [-0.2, 0) is 19.1 Å². The smallest absolute Gasteiger partial charge is 0.407 e. The zero-order valence-electron chi connectivity index (χ0n) is 53.5. The number of aliphatic imine (C=N–C) groups is 1. The second kappa shape index (κ2) is 32.0. The molecule has 3 aliphatic heterocycles. The highest BCUT2D eigenvalue weighted by atomic mass is 32.1. The number of aliphatic hydroxyl groups excluding tert-OH is 1. The Morgan fingerprint density at radius 3 is 1.40 bits per heavy atom. The summed E-state index contributed by atoms with van der Waals surface area (Å²) in [6.07, 6.45) is 7.17. The van der Waals surface area contributed by atoms with Crippen LogP contribution in [0.5, 0.6) is 0 Å². The molecule has 13 rings (SSSR count). The third kappa shape index (κ3) is 15.8. The van der Waals surface area contributed by atoms with E-state index in [2.05, 4.69) is 238 Å². The lowest BCUT2D eigenvalue weighted by Crippen LogP contribution is -2.53. The molecule has 0 saturated carbocycles. The number of H-pyrrole nitrogens is 1. The molecule has 13 nitrogen and oxygen atoms in total. The number of carbonyl (C=O) groups is 4. The van der Waals surface area contributed by atoms with Crippen LogP contribution in [0.15, 0.2) is 234 Å². The number of allylic oxidation sites excluding steroid dienone is 1. The van der Waals surface area contributed by atoms with Gasteiger partial charge in [-0.2, -0.15) is 0 Å². The molecule has 17 heteroatoms. The number of aliphatic hydroxyl groups is 1. The monoisotopic (exact) mass is 1320 g/mol. The van der Waals surface area contributed by atoms with Crippen molar-refractivity contribution in [3.8, 4) is 22.4 Å². The van der Waals surface area contributed by atoms with Crippen molar-refractivity contribution in [1.29, 1.82) is 0 Å². The zero-order valence-corrected chi connectivity index (χ0v) is 57.0. The molecule has 0 aliphatic carbocycles. The molecule has 94 heavy (non-hydrogen) atoms. The van der Waals surface area contributed by atoms with Gasteiger partial charge in [-0.05, 0) is 102 Å². The molecule has 10 aromatic rings. The summed E-state index contributed by atoms with van der Waals surface area (Å²) in [5, 5.41) is 27.5. The number of aromatic amines is 1. The minimum atomic E-state index is -0.720. The van der Waals surface area contributed by atoms with Gasteiger partial charge in [0, 0.05) is 53.3 Å². The Labute approximate surface area is 561 Å². The first-order valence-corrected chi connectivity index (χ1v) is 36.5. The van der Waals surface area contributed by atoms with Gasteiger partial charge in [0.15, 0.2) is 0 Å². The maximum absolute atomic E-state index is 13.6. The van der Waals surface area contributed by atoms with Gasteiger partial charge in [0.25, 0.3) is 0 Å². The zero-order chi connectivity index (χ0) is 65.5. The molecule has 6 heterocycles. The lowest BCUT2D eigenvalue weighted by molar-refractivity contribution is -0.139. The largest absolute Gasteiger partial charge is 0.453 e. The lowest BCUT2D eigenvalue weighted by atomic mass is 9.98. The molecule has 4 atom stereocenters. The highest BCUT2D eigenvalue weighted by Gasteiger charge is 2.40. The average Bonchev–Trinajstić information content (AvgIpc) is 1.60. The van der Waals surface area contributed by atoms with E-state index in [0.717, 1.165) is 53.8 Å². The van der Waals surface area contributed by atoms with Crippen LogP contribution < -0.4 is 42.5 Å². The van der Waals surface area contributed by atoms with Gasteiger partial charge in [-0.15, -0.1) is 22.7 Å². The molecule has 2 unspecified atom stereocenters. The van der Waals surface area contributed by atoms with Crippen molar-refractivity contribution in [3.63, 3.8) is 0 Å².